The monoisotopic (exact) mass is 353 g/mol. The average molecular weight is 353 g/mol. The average Bonchev–Trinajstić information content (AvgIpc) is 2.82. The van der Waals surface area contributed by atoms with Crippen LogP contribution in [0.25, 0.3) is 0 Å². The summed E-state index contributed by atoms with van der Waals surface area (Å²) in [6.07, 6.45) is 0. The van der Waals surface area contributed by atoms with Crippen molar-refractivity contribution in [1.82, 2.24) is 10.2 Å². The van der Waals surface area contributed by atoms with E-state index in [0.717, 1.165) is 17.2 Å². The van der Waals surface area contributed by atoms with Crippen LogP contribution in [-0.2, 0) is 4.79 Å². The second-order valence-electron chi connectivity index (χ2n) is 6.84. The van der Waals surface area contributed by atoms with Crippen LogP contribution in [0.15, 0.2) is 54.6 Å². The van der Waals surface area contributed by atoms with Gasteiger partial charge in [-0.3, -0.25) is 9.69 Å². The third kappa shape index (κ3) is 3.79. The van der Waals surface area contributed by atoms with Gasteiger partial charge in [0.1, 0.15) is 17.0 Å². The molecule has 1 N–H and O–H groups in total. The van der Waals surface area contributed by atoms with Crippen molar-refractivity contribution in [2.45, 2.75) is 19.4 Å². The fourth-order valence-corrected chi connectivity index (χ4v) is 2.79. The molecule has 1 saturated heterocycles. The number of hydrogen-bond donors (Lipinski definition) is 1. The van der Waals surface area contributed by atoms with Gasteiger partial charge >= 0.3 is 6.03 Å². The molecule has 3 rings (SSSR count). The molecule has 1 fully saturated rings. The number of likely N-dealkylation sites (N-methyl/N-ethyl adjacent to an activating group) is 1. The van der Waals surface area contributed by atoms with Gasteiger partial charge in [-0.1, -0.05) is 18.2 Å². The van der Waals surface area contributed by atoms with Crippen LogP contribution in [0.5, 0.6) is 11.5 Å². The maximum Gasteiger partial charge on any atom is 0.325 e. The fraction of sp³-hybridized carbons (Fsp3) is 0.300. The highest BCUT2D eigenvalue weighted by molar-refractivity contribution is 6.06. The summed E-state index contributed by atoms with van der Waals surface area (Å²) < 4.78 is 5.78. The maximum absolute atomic E-state index is 12.2. The zero-order valence-electron chi connectivity index (χ0n) is 15.2. The molecular weight excluding hydrogens is 330 g/mol. The van der Waals surface area contributed by atoms with E-state index in [1.807, 2.05) is 66.5 Å². The number of ether oxygens (including phenoxy) is 1. The lowest BCUT2D eigenvalue weighted by molar-refractivity contribution is -0.130. The molecule has 3 amide bonds. The number of nitrogens with zero attached hydrogens (tertiary/aromatic N) is 2. The van der Waals surface area contributed by atoms with E-state index in [1.54, 1.807) is 13.8 Å². The first-order chi connectivity index (χ1) is 12.4. The van der Waals surface area contributed by atoms with Gasteiger partial charge in [0, 0.05) is 25.8 Å². The molecule has 2 aromatic rings. The van der Waals surface area contributed by atoms with Gasteiger partial charge < -0.3 is 15.0 Å². The Hall–Kier alpha value is -3.02. The Kier molecular flexibility index (Phi) is 4.84. The molecule has 0 aromatic heterocycles. The van der Waals surface area contributed by atoms with Crippen LogP contribution in [0.3, 0.4) is 0 Å². The molecule has 1 heterocycles. The molecule has 6 heteroatoms. The van der Waals surface area contributed by atoms with Gasteiger partial charge in [-0.25, -0.2) is 4.79 Å². The number of anilines is 1. The molecule has 0 atom stereocenters. The molecule has 1 aliphatic heterocycles. The summed E-state index contributed by atoms with van der Waals surface area (Å²) in [5, 5.41) is 2.69. The number of hydrogen-bond acceptors (Lipinski definition) is 4. The molecule has 0 radical (unpaired) electrons. The summed E-state index contributed by atoms with van der Waals surface area (Å²) in [6.45, 7) is 4.31. The number of para-hydroxylation sites is 1. The summed E-state index contributed by atoms with van der Waals surface area (Å²) >= 11 is 0. The molecule has 2 aromatic carbocycles. The fourth-order valence-electron chi connectivity index (χ4n) is 2.79. The van der Waals surface area contributed by atoms with Gasteiger partial charge in [-0.15, -0.1) is 0 Å². The molecule has 1 aliphatic rings. The Morgan fingerprint density at radius 3 is 2.19 bits per heavy atom. The molecule has 0 unspecified atom stereocenters. The van der Waals surface area contributed by atoms with Crippen LogP contribution in [0.4, 0.5) is 10.5 Å². The number of imide groups is 1. The van der Waals surface area contributed by atoms with Crippen molar-refractivity contribution in [3.05, 3.63) is 54.6 Å². The summed E-state index contributed by atoms with van der Waals surface area (Å²) in [5.74, 6) is 1.35. The van der Waals surface area contributed by atoms with E-state index >= 15 is 0 Å². The molecule has 6 nitrogen and oxygen atoms in total. The number of rotatable bonds is 6. The minimum atomic E-state index is -0.827. The van der Waals surface area contributed by atoms with Gasteiger partial charge in [0.15, 0.2) is 0 Å². The minimum absolute atomic E-state index is 0.192. The van der Waals surface area contributed by atoms with Crippen LogP contribution < -0.4 is 15.0 Å². The van der Waals surface area contributed by atoms with E-state index < -0.39 is 5.54 Å². The lowest BCUT2D eigenvalue weighted by Crippen LogP contribution is -2.41. The molecule has 0 saturated carbocycles. The van der Waals surface area contributed by atoms with Crippen LogP contribution in [0.1, 0.15) is 13.8 Å². The van der Waals surface area contributed by atoms with Gasteiger partial charge in [0.25, 0.3) is 5.91 Å². The number of urea groups is 1. The highest BCUT2D eigenvalue weighted by atomic mass is 16.5. The predicted octanol–water partition coefficient (Wildman–Crippen LogP) is 3.25. The minimum Gasteiger partial charge on any atom is -0.457 e. The quantitative estimate of drug-likeness (QED) is 0.810. The van der Waals surface area contributed by atoms with Gasteiger partial charge in [-0.2, -0.15) is 0 Å². The van der Waals surface area contributed by atoms with Crippen molar-refractivity contribution < 1.29 is 14.3 Å². The van der Waals surface area contributed by atoms with Crippen molar-refractivity contribution >= 4 is 17.6 Å². The Balaban J connectivity index is 1.58. The standard InChI is InChI=1S/C20H23N3O3/c1-20(2)18(24)23(19(25)21-20)14-13-22(3)15-9-11-17(12-10-15)26-16-7-5-4-6-8-16/h4-12H,13-14H2,1-3H3,(H,21,25). The number of carbonyl (C=O) groups excluding carboxylic acids is 2. The number of nitrogens with one attached hydrogen (secondary N) is 1. The van der Waals surface area contributed by atoms with Gasteiger partial charge in [0.2, 0.25) is 0 Å². The van der Waals surface area contributed by atoms with Crippen LogP contribution in [0, 0.1) is 0 Å². The van der Waals surface area contributed by atoms with Crippen LogP contribution >= 0.6 is 0 Å². The Morgan fingerprint density at radius 2 is 1.62 bits per heavy atom. The second-order valence-corrected chi connectivity index (χ2v) is 6.84. The lowest BCUT2D eigenvalue weighted by atomic mass is 10.1. The molecule has 0 spiro atoms. The molecule has 0 bridgehead atoms. The van der Waals surface area contributed by atoms with Crippen LogP contribution in [-0.4, -0.2) is 42.5 Å². The first kappa shape index (κ1) is 17.8. The van der Waals surface area contributed by atoms with Crippen molar-refractivity contribution in [1.29, 1.82) is 0 Å². The van der Waals surface area contributed by atoms with E-state index in [2.05, 4.69) is 5.32 Å². The molecule has 0 aliphatic carbocycles. The van der Waals surface area contributed by atoms with E-state index in [0.29, 0.717) is 13.1 Å². The van der Waals surface area contributed by atoms with Crippen LogP contribution in [0.2, 0.25) is 0 Å². The normalized spacial score (nSPS) is 15.7. The van der Waals surface area contributed by atoms with Crippen molar-refractivity contribution in [2.75, 3.05) is 25.0 Å². The molecule has 26 heavy (non-hydrogen) atoms. The zero-order valence-corrected chi connectivity index (χ0v) is 15.2. The molecule has 136 valence electrons. The van der Waals surface area contributed by atoms with Crippen molar-refractivity contribution in [3.8, 4) is 11.5 Å². The third-order valence-electron chi connectivity index (χ3n) is 4.36. The Bertz CT molecular complexity index is 788. The number of carbonyl (C=O) groups is 2. The van der Waals surface area contributed by atoms with E-state index in [4.69, 9.17) is 4.74 Å². The van der Waals surface area contributed by atoms with E-state index in [-0.39, 0.29) is 11.9 Å². The topological polar surface area (TPSA) is 61.9 Å². The first-order valence-corrected chi connectivity index (χ1v) is 8.55. The summed E-state index contributed by atoms with van der Waals surface area (Å²) in [4.78, 5) is 27.4. The molecular formula is C20H23N3O3. The van der Waals surface area contributed by atoms with Gasteiger partial charge in [0.05, 0.1) is 0 Å². The highest BCUT2D eigenvalue weighted by Gasteiger charge is 2.43. The SMILES string of the molecule is CN(CCN1C(=O)NC(C)(C)C1=O)c1ccc(Oc2ccccc2)cc1. The highest BCUT2D eigenvalue weighted by Crippen LogP contribution is 2.24. The Labute approximate surface area is 153 Å². The van der Waals surface area contributed by atoms with E-state index in [9.17, 15) is 9.59 Å². The number of amides is 3. The smallest absolute Gasteiger partial charge is 0.325 e. The summed E-state index contributed by atoms with van der Waals surface area (Å²) in [5.41, 5.74) is 0.156. The zero-order chi connectivity index (χ0) is 18.7. The largest absolute Gasteiger partial charge is 0.457 e. The third-order valence-corrected chi connectivity index (χ3v) is 4.36. The van der Waals surface area contributed by atoms with Crippen molar-refractivity contribution in [3.63, 3.8) is 0 Å². The first-order valence-electron chi connectivity index (χ1n) is 8.55. The lowest BCUT2D eigenvalue weighted by Gasteiger charge is -2.23. The van der Waals surface area contributed by atoms with E-state index in [1.165, 1.54) is 4.90 Å². The second kappa shape index (κ2) is 7.07. The summed E-state index contributed by atoms with van der Waals surface area (Å²) in [7, 11) is 1.93. The van der Waals surface area contributed by atoms with Crippen molar-refractivity contribution in [2.24, 2.45) is 0 Å². The number of benzene rings is 2. The Morgan fingerprint density at radius 1 is 1.00 bits per heavy atom. The maximum atomic E-state index is 12.2. The predicted molar refractivity (Wildman–Crippen MR) is 101 cm³/mol. The van der Waals surface area contributed by atoms with Gasteiger partial charge in [-0.05, 0) is 50.2 Å². The summed E-state index contributed by atoms with van der Waals surface area (Å²) in [6, 6.07) is 17.0.